The van der Waals surface area contributed by atoms with Crippen LogP contribution in [0.3, 0.4) is 0 Å². The number of hydrogen-bond acceptors (Lipinski definition) is 8. The third-order valence-corrected chi connectivity index (χ3v) is 4.99. The van der Waals surface area contributed by atoms with Gasteiger partial charge in [0.1, 0.15) is 16.9 Å². The summed E-state index contributed by atoms with van der Waals surface area (Å²) < 4.78 is 6.31. The molecule has 0 fully saturated rings. The van der Waals surface area contributed by atoms with E-state index in [-0.39, 0.29) is 36.5 Å². The summed E-state index contributed by atoms with van der Waals surface area (Å²) in [6, 6.07) is 14.1. The van der Waals surface area contributed by atoms with Crippen molar-refractivity contribution in [3.05, 3.63) is 70.2 Å². The largest absolute Gasteiger partial charge is 0.462 e. The van der Waals surface area contributed by atoms with Crippen molar-refractivity contribution in [2.24, 2.45) is 4.99 Å². The molecule has 0 saturated carbocycles. The SMILES string of the molecule is CCOC(=O)C1=C(C)Nc2ccccc2N=C1NC(=O)CCn1nnc2ccccc2c1=O. The van der Waals surface area contributed by atoms with E-state index in [1.165, 1.54) is 0 Å². The first-order valence-corrected chi connectivity index (χ1v) is 10.4. The van der Waals surface area contributed by atoms with E-state index in [0.717, 1.165) is 4.68 Å². The van der Waals surface area contributed by atoms with Crippen molar-refractivity contribution >= 4 is 40.0 Å². The number of allylic oxidation sites excluding steroid dienone is 1. The van der Waals surface area contributed by atoms with Gasteiger partial charge in [0.25, 0.3) is 5.56 Å². The van der Waals surface area contributed by atoms with E-state index >= 15 is 0 Å². The Bertz CT molecular complexity index is 1360. The first-order valence-electron chi connectivity index (χ1n) is 10.4. The van der Waals surface area contributed by atoms with Crippen LogP contribution in [0.5, 0.6) is 0 Å². The van der Waals surface area contributed by atoms with Crippen LogP contribution in [0.4, 0.5) is 11.4 Å². The highest BCUT2D eigenvalue weighted by Gasteiger charge is 2.26. The molecular formula is C23H22N6O4. The van der Waals surface area contributed by atoms with E-state index in [9.17, 15) is 14.4 Å². The molecule has 0 aliphatic carbocycles. The highest BCUT2D eigenvalue weighted by molar-refractivity contribution is 6.24. The highest BCUT2D eigenvalue weighted by Crippen LogP contribution is 2.30. The van der Waals surface area contributed by atoms with E-state index in [1.807, 2.05) is 12.1 Å². The monoisotopic (exact) mass is 446 g/mol. The summed E-state index contributed by atoms with van der Waals surface area (Å²) in [6.07, 6.45) is -0.0732. The van der Waals surface area contributed by atoms with E-state index in [2.05, 4.69) is 25.9 Å². The fourth-order valence-corrected chi connectivity index (χ4v) is 3.41. The van der Waals surface area contributed by atoms with Crippen molar-refractivity contribution in [2.45, 2.75) is 26.8 Å². The standard InChI is InChI=1S/C23H22N6O4/c1-3-33-23(32)20-14(2)24-17-10-6-7-11-18(17)25-21(20)26-19(30)12-13-29-22(31)15-8-4-5-9-16(15)27-28-29/h4-11,24H,3,12-13H2,1-2H3,(H,25,26,30). The van der Waals surface area contributed by atoms with Crippen molar-refractivity contribution in [1.29, 1.82) is 0 Å². The van der Waals surface area contributed by atoms with Gasteiger partial charge in [-0.15, -0.1) is 5.10 Å². The number of amides is 1. The molecular weight excluding hydrogens is 424 g/mol. The van der Waals surface area contributed by atoms with Gasteiger partial charge in [-0.3, -0.25) is 9.59 Å². The molecule has 0 unspecified atom stereocenters. The van der Waals surface area contributed by atoms with Crippen LogP contribution in [-0.2, 0) is 20.9 Å². The molecule has 1 aliphatic heterocycles. The molecule has 168 valence electrons. The Balaban J connectivity index is 1.58. The Kier molecular flexibility index (Phi) is 6.25. The quantitative estimate of drug-likeness (QED) is 0.576. The molecule has 1 aromatic heterocycles. The topological polar surface area (TPSA) is 128 Å². The first kappa shape index (κ1) is 21.9. The maximum Gasteiger partial charge on any atom is 0.343 e. The number of anilines is 1. The number of benzene rings is 2. The van der Waals surface area contributed by atoms with Gasteiger partial charge in [-0.25, -0.2) is 14.5 Å². The molecule has 33 heavy (non-hydrogen) atoms. The van der Waals surface area contributed by atoms with Crippen LogP contribution in [0.25, 0.3) is 10.9 Å². The van der Waals surface area contributed by atoms with Crippen LogP contribution < -0.4 is 16.2 Å². The number of rotatable bonds is 5. The molecule has 10 nitrogen and oxygen atoms in total. The van der Waals surface area contributed by atoms with Crippen molar-refractivity contribution in [3.63, 3.8) is 0 Å². The molecule has 2 heterocycles. The Morgan fingerprint density at radius 3 is 2.70 bits per heavy atom. The molecule has 1 amide bonds. The van der Waals surface area contributed by atoms with Gasteiger partial charge in [-0.2, -0.15) is 0 Å². The Labute approximate surface area is 189 Å². The molecule has 0 saturated heterocycles. The lowest BCUT2D eigenvalue weighted by atomic mass is 10.2. The summed E-state index contributed by atoms with van der Waals surface area (Å²) in [6.45, 7) is 3.60. The maximum absolute atomic E-state index is 12.8. The Morgan fingerprint density at radius 1 is 1.12 bits per heavy atom. The number of aryl methyl sites for hydroxylation is 1. The zero-order valence-corrected chi connectivity index (χ0v) is 18.2. The lowest BCUT2D eigenvalue weighted by Gasteiger charge is -2.13. The minimum atomic E-state index is -0.606. The second-order valence-corrected chi connectivity index (χ2v) is 7.26. The predicted octanol–water partition coefficient (Wildman–Crippen LogP) is 2.29. The maximum atomic E-state index is 12.8. The van der Waals surface area contributed by atoms with Gasteiger partial charge in [0.2, 0.25) is 5.91 Å². The number of ether oxygens (including phenoxy) is 1. The number of amidine groups is 1. The fourth-order valence-electron chi connectivity index (χ4n) is 3.41. The van der Waals surface area contributed by atoms with E-state index in [1.54, 1.807) is 50.2 Å². The average molecular weight is 446 g/mol. The molecule has 2 aromatic carbocycles. The smallest absolute Gasteiger partial charge is 0.343 e. The molecule has 0 spiro atoms. The summed E-state index contributed by atoms with van der Waals surface area (Å²) in [5, 5.41) is 14.2. The summed E-state index contributed by atoms with van der Waals surface area (Å²) in [7, 11) is 0. The lowest BCUT2D eigenvalue weighted by molar-refractivity contribution is -0.137. The number of esters is 1. The van der Waals surface area contributed by atoms with Crippen LogP contribution in [0.15, 0.2) is 69.6 Å². The van der Waals surface area contributed by atoms with Crippen LogP contribution in [0, 0.1) is 0 Å². The number of aromatic nitrogens is 3. The normalized spacial score (nSPS) is 13.0. The van der Waals surface area contributed by atoms with Crippen LogP contribution in [0.1, 0.15) is 20.3 Å². The first-order chi connectivity index (χ1) is 16.0. The van der Waals surface area contributed by atoms with Gasteiger partial charge in [-0.05, 0) is 38.1 Å². The van der Waals surface area contributed by atoms with Crippen LogP contribution in [0.2, 0.25) is 0 Å². The fraction of sp³-hybridized carbons (Fsp3) is 0.217. The molecule has 3 aromatic rings. The number of fused-ring (bicyclic) bond motifs is 2. The Morgan fingerprint density at radius 2 is 1.88 bits per heavy atom. The van der Waals surface area contributed by atoms with Crippen LogP contribution in [-0.4, -0.2) is 39.3 Å². The number of aliphatic imine (C=N–C) groups is 1. The zero-order valence-electron chi connectivity index (χ0n) is 18.2. The summed E-state index contributed by atoms with van der Waals surface area (Å²) in [5.74, 6) is -0.971. The Hall–Kier alpha value is -4.34. The molecule has 10 heteroatoms. The number of carbonyl (C=O) groups is 2. The number of para-hydroxylation sites is 2. The molecule has 1 aliphatic rings. The van der Waals surface area contributed by atoms with Gasteiger partial charge in [-0.1, -0.05) is 29.5 Å². The second-order valence-electron chi connectivity index (χ2n) is 7.26. The van der Waals surface area contributed by atoms with Gasteiger partial charge >= 0.3 is 5.97 Å². The number of carbonyl (C=O) groups excluding carboxylic acids is 2. The van der Waals surface area contributed by atoms with Crippen LogP contribution >= 0.6 is 0 Å². The van der Waals surface area contributed by atoms with Crippen molar-refractivity contribution < 1.29 is 14.3 Å². The minimum Gasteiger partial charge on any atom is -0.462 e. The van der Waals surface area contributed by atoms with E-state index in [4.69, 9.17) is 4.74 Å². The second kappa shape index (κ2) is 9.43. The van der Waals surface area contributed by atoms with Crippen molar-refractivity contribution in [3.8, 4) is 0 Å². The van der Waals surface area contributed by atoms with Gasteiger partial charge < -0.3 is 15.4 Å². The molecule has 2 N–H and O–H groups in total. The zero-order chi connectivity index (χ0) is 23.4. The highest BCUT2D eigenvalue weighted by atomic mass is 16.5. The van der Waals surface area contributed by atoms with E-state index in [0.29, 0.717) is 28.0 Å². The third kappa shape index (κ3) is 4.64. The van der Waals surface area contributed by atoms with Crippen molar-refractivity contribution in [1.82, 2.24) is 20.3 Å². The third-order valence-electron chi connectivity index (χ3n) is 4.99. The molecule has 0 bridgehead atoms. The van der Waals surface area contributed by atoms with Gasteiger partial charge in [0.15, 0.2) is 0 Å². The average Bonchev–Trinajstić information content (AvgIpc) is 2.94. The molecule has 4 rings (SSSR count). The van der Waals surface area contributed by atoms with Gasteiger partial charge in [0, 0.05) is 12.1 Å². The molecule has 0 radical (unpaired) electrons. The van der Waals surface area contributed by atoms with Crippen molar-refractivity contribution in [2.75, 3.05) is 11.9 Å². The summed E-state index contributed by atoms with van der Waals surface area (Å²) in [4.78, 5) is 42.5. The minimum absolute atomic E-state index is 0.0159. The van der Waals surface area contributed by atoms with Gasteiger partial charge in [0.05, 0.1) is 29.9 Å². The predicted molar refractivity (Wildman–Crippen MR) is 123 cm³/mol. The molecule has 0 atom stereocenters. The summed E-state index contributed by atoms with van der Waals surface area (Å²) >= 11 is 0. The number of nitrogens with one attached hydrogen (secondary N) is 2. The van der Waals surface area contributed by atoms with E-state index < -0.39 is 11.9 Å². The number of nitrogens with zero attached hydrogens (tertiary/aromatic N) is 4. The lowest BCUT2D eigenvalue weighted by Crippen LogP contribution is -2.36. The summed E-state index contributed by atoms with van der Waals surface area (Å²) in [5.41, 5.74) is 2.03. The number of hydrogen-bond donors (Lipinski definition) is 2.